The number of benzene rings is 1. The molecule has 0 unspecified atom stereocenters. The van der Waals surface area contributed by atoms with Crippen LogP contribution in [-0.2, 0) is 9.53 Å². The molecule has 2 rings (SSSR count). The molecule has 0 saturated carbocycles. The van der Waals surface area contributed by atoms with Crippen molar-refractivity contribution in [3.05, 3.63) is 40.3 Å². The standard InChI is InChI=1S/C13H9NO5S2/c1-19-12(18)14-10(15)9(21-13(14)20)6-7-2-4-8(5-3-7)11(16)17/h2-6H,1H3,(H,16,17)/b9-6-. The van der Waals surface area contributed by atoms with E-state index in [-0.39, 0.29) is 14.8 Å². The molecule has 8 heteroatoms. The summed E-state index contributed by atoms with van der Waals surface area (Å²) in [6, 6.07) is 5.98. The minimum atomic E-state index is -1.03. The average Bonchev–Trinajstić information content (AvgIpc) is 2.73. The van der Waals surface area contributed by atoms with E-state index in [0.717, 1.165) is 23.8 Å². The Hall–Kier alpha value is -2.19. The SMILES string of the molecule is COC(=O)N1C(=O)/C(=C/c2ccc(C(=O)O)cc2)SC1=S. The fraction of sp³-hybridized carbons (Fsp3) is 0.0769. The van der Waals surface area contributed by atoms with Gasteiger partial charge < -0.3 is 9.84 Å². The Bertz CT molecular complexity index is 666. The number of imide groups is 1. The number of rotatable bonds is 2. The van der Waals surface area contributed by atoms with Crippen LogP contribution in [0.1, 0.15) is 15.9 Å². The van der Waals surface area contributed by atoms with Gasteiger partial charge in [-0.3, -0.25) is 4.79 Å². The quantitative estimate of drug-likeness (QED) is 0.660. The molecule has 6 nitrogen and oxygen atoms in total. The highest BCUT2D eigenvalue weighted by atomic mass is 32.2. The summed E-state index contributed by atoms with van der Waals surface area (Å²) in [5, 5.41) is 8.81. The predicted octanol–water partition coefficient (Wildman–Crippen LogP) is 2.35. The highest BCUT2D eigenvalue weighted by Crippen LogP contribution is 2.32. The molecule has 1 N–H and O–H groups in total. The molecule has 0 bridgehead atoms. The summed E-state index contributed by atoms with van der Waals surface area (Å²) in [5.41, 5.74) is 0.777. The summed E-state index contributed by atoms with van der Waals surface area (Å²) < 4.78 is 4.59. The van der Waals surface area contributed by atoms with Crippen molar-refractivity contribution in [1.29, 1.82) is 0 Å². The van der Waals surface area contributed by atoms with E-state index in [0.29, 0.717) is 5.56 Å². The molecule has 1 aliphatic heterocycles. The lowest BCUT2D eigenvalue weighted by molar-refractivity contribution is -0.120. The van der Waals surface area contributed by atoms with Crippen LogP contribution in [0.25, 0.3) is 6.08 Å². The van der Waals surface area contributed by atoms with Crippen LogP contribution in [0.2, 0.25) is 0 Å². The molecule has 0 spiro atoms. The maximum absolute atomic E-state index is 12.1. The van der Waals surface area contributed by atoms with Crippen LogP contribution in [0.3, 0.4) is 0 Å². The Labute approximate surface area is 129 Å². The van der Waals surface area contributed by atoms with Gasteiger partial charge in [0, 0.05) is 0 Å². The number of ether oxygens (including phenoxy) is 1. The molecular weight excluding hydrogens is 314 g/mol. The maximum Gasteiger partial charge on any atom is 0.422 e. The third-order valence-electron chi connectivity index (χ3n) is 2.61. The highest BCUT2D eigenvalue weighted by molar-refractivity contribution is 8.26. The Morgan fingerprint density at radius 3 is 2.48 bits per heavy atom. The summed E-state index contributed by atoms with van der Waals surface area (Å²) in [6.07, 6.45) is 0.704. The van der Waals surface area contributed by atoms with Crippen molar-refractivity contribution in [1.82, 2.24) is 4.90 Å². The summed E-state index contributed by atoms with van der Waals surface area (Å²) in [7, 11) is 1.16. The molecule has 0 aliphatic carbocycles. The van der Waals surface area contributed by atoms with Crippen LogP contribution >= 0.6 is 24.0 Å². The summed E-state index contributed by atoms with van der Waals surface area (Å²) in [5.74, 6) is -1.59. The second kappa shape index (κ2) is 6.06. The minimum Gasteiger partial charge on any atom is -0.478 e. The maximum atomic E-state index is 12.1. The Morgan fingerprint density at radius 2 is 1.95 bits per heavy atom. The Kier molecular flexibility index (Phi) is 4.39. The molecule has 21 heavy (non-hydrogen) atoms. The first-order valence-corrected chi connectivity index (χ1v) is 6.86. The van der Waals surface area contributed by atoms with Crippen molar-refractivity contribution < 1.29 is 24.2 Å². The van der Waals surface area contributed by atoms with E-state index in [1.54, 1.807) is 12.1 Å². The van der Waals surface area contributed by atoms with E-state index in [4.69, 9.17) is 17.3 Å². The molecule has 1 fully saturated rings. The number of nitrogens with zero attached hydrogens (tertiary/aromatic N) is 1. The fourth-order valence-electron chi connectivity index (χ4n) is 1.59. The first-order valence-electron chi connectivity index (χ1n) is 5.63. The largest absolute Gasteiger partial charge is 0.478 e. The van der Waals surface area contributed by atoms with Gasteiger partial charge in [0.15, 0.2) is 4.32 Å². The molecule has 1 aromatic carbocycles. The van der Waals surface area contributed by atoms with Crippen LogP contribution in [0.5, 0.6) is 0 Å². The normalized spacial score (nSPS) is 16.4. The summed E-state index contributed by atoms with van der Waals surface area (Å²) >= 11 is 5.94. The van der Waals surface area contributed by atoms with Gasteiger partial charge in [-0.15, -0.1) is 0 Å². The topological polar surface area (TPSA) is 83.9 Å². The molecule has 1 heterocycles. The van der Waals surface area contributed by atoms with Gasteiger partial charge in [0.2, 0.25) is 0 Å². The van der Waals surface area contributed by atoms with E-state index < -0.39 is 18.0 Å². The number of thioether (sulfide) groups is 1. The molecule has 0 radical (unpaired) electrons. The number of carbonyl (C=O) groups is 3. The number of thiocarbonyl (C=S) groups is 1. The lowest BCUT2D eigenvalue weighted by atomic mass is 10.1. The fourth-order valence-corrected chi connectivity index (χ4v) is 2.83. The van der Waals surface area contributed by atoms with E-state index in [2.05, 4.69) is 4.74 Å². The number of amides is 2. The summed E-state index contributed by atoms with van der Waals surface area (Å²) in [6.45, 7) is 0. The van der Waals surface area contributed by atoms with E-state index in [1.807, 2.05) is 0 Å². The smallest absolute Gasteiger partial charge is 0.422 e. The van der Waals surface area contributed by atoms with Crippen molar-refractivity contribution >= 4 is 52.3 Å². The van der Waals surface area contributed by atoms with Crippen molar-refractivity contribution in [2.45, 2.75) is 0 Å². The van der Waals surface area contributed by atoms with Crippen LogP contribution < -0.4 is 0 Å². The van der Waals surface area contributed by atoms with E-state index >= 15 is 0 Å². The van der Waals surface area contributed by atoms with Gasteiger partial charge in [-0.1, -0.05) is 36.1 Å². The number of aromatic carboxylic acids is 1. The zero-order valence-electron chi connectivity index (χ0n) is 10.7. The first kappa shape index (κ1) is 15.2. The Morgan fingerprint density at radius 1 is 1.33 bits per heavy atom. The predicted molar refractivity (Wildman–Crippen MR) is 80.8 cm³/mol. The second-order valence-electron chi connectivity index (χ2n) is 3.91. The number of carboxylic acid groups (broad SMARTS) is 1. The molecule has 2 amide bonds. The van der Waals surface area contributed by atoms with Crippen LogP contribution in [0, 0.1) is 0 Å². The van der Waals surface area contributed by atoms with Crippen molar-refractivity contribution in [2.24, 2.45) is 0 Å². The average molecular weight is 323 g/mol. The zero-order chi connectivity index (χ0) is 15.6. The van der Waals surface area contributed by atoms with Gasteiger partial charge in [-0.05, 0) is 23.8 Å². The number of hydrogen-bond donors (Lipinski definition) is 1. The lowest BCUT2D eigenvalue weighted by Crippen LogP contribution is -2.34. The van der Waals surface area contributed by atoms with Gasteiger partial charge in [0.1, 0.15) is 0 Å². The van der Waals surface area contributed by atoms with E-state index in [9.17, 15) is 14.4 Å². The first-order chi connectivity index (χ1) is 9.93. The van der Waals surface area contributed by atoms with Crippen LogP contribution in [0.15, 0.2) is 29.2 Å². The van der Waals surface area contributed by atoms with Gasteiger partial charge in [-0.25, -0.2) is 9.59 Å². The van der Waals surface area contributed by atoms with E-state index in [1.165, 1.54) is 18.2 Å². The number of carboxylic acids is 1. The number of hydrogen-bond acceptors (Lipinski definition) is 6. The molecule has 1 aromatic rings. The van der Waals surface area contributed by atoms with Gasteiger partial charge in [0.05, 0.1) is 17.6 Å². The molecule has 1 aliphatic rings. The monoisotopic (exact) mass is 323 g/mol. The molecular formula is C13H9NO5S2. The van der Waals surface area contributed by atoms with Crippen molar-refractivity contribution in [3.8, 4) is 0 Å². The third-order valence-corrected chi connectivity index (χ3v) is 3.91. The molecule has 0 aromatic heterocycles. The van der Waals surface area contributed by atoms with Crippen LogP contribution in [0.4, 0.5) is 4.79 Å². The third kappa shape index (κ3) is 3.11. The lowest BCUT2D eigenvalue weighted by Gasteiger charge is -2.09. The molecule has 1 saturated heterocycles. The highest BCUT2D eigenvalue weighted by Gasteiger charge is 2.37. The molecule has 0 atom stereocenters. The Balaban J connectivity index is 2.26. The van der Waals surface area contributed by atoms with Gasteiger partial charge in [0.25, 0.3) is 5.91 Å². The zero-order valence-corrected chi connectivity index (χ0v) is 12.4. The van der Waals surface area contributed by atoms with Crippen molar-refractivity contribution in [2.75, 3.05) is 7.11 Å². The van der Waals surface area contributed by atoms with Crippen molar-refractivity contribution in [3.63, 3.8) is 0 Å². The number of methoxy groups -OCH3 is 1. The number of carbonyl (C=O) groups excluding carboxylic acids is 2. The minimum absolute atomic E-state index is 0.0975. The molecule has 108 valence electrons. The van der Waals surface area contributed by atoms with Gasteiger partial charge >= 0.3 is 12.1 Å². The van der Waals surface area contributed by atoms with Crippen LogP contribution in [-0.4, -0.2) is 39.4 Å². The summed E-state index contributed by atoms with van der Waals surface area (Å²) in [4.78, 5) is 35.3. The second-order valence-corrected chi connectivity index (χ2v) is 5.59. The van der Waals surface area contributed by atoms with Gasteiger partial charge in [-0.2, -0.15) is 4.90 Å².